The van der Waals surface area contributed by atoms with Crippen LogP contribution in [0.15, 0.2) is 83.8 Å². The third-order valence-electron chi connectivity index (χ3n) is 6.26. The van der Waals surface area contributed by atoms with Crippen molar-refractivity contribution in [1.29, 1.82) is 0 Å². The van der Waals surface area contributed by atoms with Crippen LogP contribution in [0.4, 0.5) is 11.4 Å². The standard InChI is InChI=1S/C30H36N4O6S/c1-6-27(29(36)31-30(3,4)5)32(20-23-13-10-12-22(2)18-23)28(35)21-33(24-14-11-15-25(19-24)34(37)38)41(39,40)26-16-8-7-9-17-26/h7-19,27H,6,20-21H2,1-5H3,(H,31,36)/t27-/m0/s1. The summed E-state index contributed by atoms with van der Waals surface area (Å²) < 4.78 is 28.5. The molecule has 218 valence electrons. The van der Waals surface area contributed by atoms with E-state index in [9.17, 15) is 28.1 Å². The number of nitro benzene ring substituents is 1. The van der Waals surface area contributed by atoms with Gasteiger partial charge in [0.1, 0.15) is 12.6 Å². The van der Waals surface area contributed by atoms with E-state index in [-0.39, 0.29) is 35.1 Å². The Morgan fingerprint density at radius 2 is 1.63 bits per heavy atom. The quantitative estimate of drug-likeness (QED) is 0.256. The highest BCUT2D eigenvalue weighted by Crippen LogP contribution is 2.28. The molecule has 10 nitrogen and oxygen atoms in total. The molecular formula is C30H36N4O6S. The molecule has 0 heterocycles. The zero-order chi connectivity index (χ0) is 30.4. The minimum Gasteiger partial charge on any atom is -0.350 e. The van der Waals surface area contributed by atoms with E-state index < -0.39 is 39.0 Å². The maximum Gasteiger partial charge on any atom is 0.271 e. The third kappa shape index (κ3) is 8.14. The van der Waals surface area contributed by atoms with Crippen LogP contribution in [0.3, 0.4) is 0 Å². The zero-order valence-corrected chi connectivity index (χ0v) is 24.7. The van der Waals surface area contributed by atoms with E-state index in [2.05, 4.69) is 5.32 Å². The highest BCUT2D eigenvalue weighted by atomic mass is 32.2. The van der Waals surface area contributed by atoms with Crippen LogP contribution in [0, 0.1) is 17.0 Å². The van der Waals surface area contributed by atoms with Crippen LogP contribution in [0.5, 0.6) is 0 Å². The molecular weight excluding hydrogens is 544 g/mol. The van der Waals surface area contributed by atoms with Crippen LogP contribution in [0.25, 0.3) is 0 Å². The van der Waals surface area contributed by atoms with Crippen LogP contribution in [-0.4, -0.2) is 48.2 Å². The van der Waals surface area contributed by atoms with Gasteiger partial charge in [0.2, 0.25) is 11.8 Å². The summed E-state index contributed by atoms with van der Waals surface area (Å²) >= 11 is 0. The fourth-order valence-corrected chi connectivity index (χ4v) is 5.82. The molecule has 0 radical (unpaired) electrons. The summed E-state index contributed by atoms with van der Waals surface area (Å²) in [5.41, 5.74) is 0.809. The zero-order valence-electron chi connectivity index (χ0n) is 23.9. The maximum atomic E-state index is 14.1. The smallest absolute Gasteiger partial charge is 0.271 e. The number of rotatable bonds is 11. The predicted molar refractivity (Wildman–Crippen MR) is 158 cm³/mol. The van der Waals surface area contributed by atoms with Crippen molar-refractivity contribution >= 4 is 33.2 Å². The molecule has 3 aromatic carbocycles. The Hall–Kier alpha value is -4.25. The fraction of sp³-hybridized carbons (Fsp3) is 0.333. The Bertz CT molecular complexity index is 1500. The van der Waals surface area contributed by atoms with E-state index >= 15 is 0 Å². The summed E-state index contributed by atoms with van der Waals surface area (Å²) in [4.78, 5) is 39.6. The maximum absolute atomic E-state index is 14.1. The molecule has 0 saturated heterocycles. The van der Waals surface area contributed by atoms with Crippen molar-refractivity contribution < 1.29 is 22.9 Å². The molecule has 0 spiro atoms. The number of carbonyl (C=O) groups is 2. The first-order valence-electron chi connectivity index (χ1n) is 13.2. The Labute approximate surface area is 241 Å². The molecule has 0 bridgehead atoms. The summed E-state index contributed by atoms with van der Waals surface area (Å²) in [5.74, 6) is -0.998. The van der Waals surface area contributed by atoms with Crippen molar-refractivity contribution in [3.63, 3.8) is 0 Å². The van der Waals surface area contributed by atoms with Crippen LogP contribution >= 0.6 is 0 Å². The first kappa shape index (κ1) is 31.3. The Morgan fingerprint density at radius 3 is 2.22 bits per heavy atom. The molecule has 1 atom stereocenters. The van der Waals surface area contributed by atoms with Crippen LogP contribution < -0.4 is 9.62 Å². The number of hydrogen-bond acceptors (Lipinski definition) is 6. The van der Waals surface area contributed by atoms with Crippen molar-refractivity contribution in [2.24, 2.45) is 0 Å². The molecule has 0 saturated carbocycles. The number of amides is 2. The second kappa shape index (κ2) is 12.9. The van der Waals surface area contributed by atoms with Gasteiger partial charge in [0, 0.05) is 24.2 Å². The molecule has 0 aliphatic carbocycles. The van der Waals surface area contributed by atoms with E-state index in [0.29, 0.717) is 0 Å². The number of hydrogen-bond donors (Lipinski definition) is 1. The van der Waals surface area contributed by atoms with Gasteiger partial charge in [-0.2, -0.15) is 0 Å². The number of nitrogens with one attached hydrogen (secondary N) is 1. The lowest BCUT2D eigenvalue weighted by Crippen LogP contribution is -2.55. The third-order valence-corrected chi connectivity index (χ3v) is 8.05. The summed E-state index contributed by atoms with van der Waals surface area (Å²) in [6.45, 7) is 8.58. The number of nitro groups is 1. The monoisotopic (exact) mass is 580 g/mol. The number of benzene rings is 3. The molecule has 41 heavy (non-hydrogen) atoms. The minimum atomic E-state index is -4.32. The predicted octanol–water partition coefficient (Wildman–Crippen LogP) is 4.82. The number of non-ortho nitro benzene ring substituents is 1. The second-order valence-electron chi connectivity index (χ2n) is 10.8. The van der Waals surface area contributed by atoms with Crippen LogP contribution in [0.2, 0.25) is 0 Å². The summed E-state index contributed by atoms with van der Waals surface area (Å²) in [6, 6.07) is 19.2. The average Bonchev–Trinajstić information content (AvgIpc) is 2.91. The summed E-state index contributed by atoms with van der Waals surface area (Å²) in [6.07, 6.45) is 0.279. The number of nitrogens with zero attached hydrogens (tertiary/aromatic N) is 3. The van der Waals surface area contributed by atoms with E-state index in [1.54, 1.807) is 25.1 Å². The molecule has 0 aromatic heterocycles. The first-order chi connectivity index (χ1) is 19.2. The lowest BCUT2D eigenvalue weighted by molar-refractivity contribution is -0.384. The van der Waals surface area contributed by atoms with Gasteiger partial charge in [-0.3, -0.25) is 24.0 Å². The number of carbonyl (C=O) groups excluding carboxylic acids is 2. The van der Waals surface area contributed by atoms with Gasteiger partial charge >= 0.3 is 0 Å². The topological polar surface area (TPSA) is 130 Å². The van der Waals surface area contributed by atoms with Gasteiger partial charge < -0.3 is 10.2 Å². The molecule has 2 amide bonds. The summed E-state index contributed by atoms with van der Waals surface area (Å²) in [7, 11) is -4.32. The van der Waals surface area contributed by atoms with Crippen molar-refractivity contribution in [2.45, 2.75) is 64.1 Å². The molecule has 3 rings (SSSR count). The van der Waals surface area contributed by atoms with Gasteiger partial charge in [-0.05, 0) is 57.9 Å². The molecule has 0 unspecified atom stereocenters. The minimum absolute atomic E-state index is 0.0425. The fourth-order valence-electron chi connectivity index (χ4n) is 4.39. The van der Waals surface area contributed by atoms with Crippen molar-refractivity contribution in [3.05, 3.63) is 100 Å². The van der Waals surface area contributed by atoms with Crippen LogP contribution in [0.1, 0.15) is 45.2 Å². The van der Waals surface area contributed by atoms with Gasteiger partial charge in [-0.1, -0.05) is 61.0 Å². The normalized spacial score (nSPS) is 12.3. The highest BCUT2D eigenvalue weighted by molar-refractivity contribution is 7.92. The largest absolute Gasteiger partial charge is 0.350 e. The highest BCUT2D eigenvalue weighted by Gasteiger charge is 2.35. The number of sulfonamides is 1. The molecule has 0 aliphatic heterocycles. The molecule has 11 heteroatoms. The van der Waals surface area contributed by atoms with Gasteiger partial charge in [0.25, 0.3) is 15.7 Å². The average molecular weight is 581 g/mol. The number of aryl methyl sites for hydroxylation is 1. The molecule has 1 N–H and O–H groups in total. The Balaban J connectivity index is 2.11. The van der Waals surface area contributed by atoms with Crippen LogP contribution in [-0.2, 0) is 26.2 Å². The van der Waals surface area contributed by atoms with E-state index in [1.807, 2.05) is 52.0 Å². The summed E-state index contributed by atoms with van der Waals surface area (Å²) in [5, 5.41) is 14.4. The lowest BCUT2D eigenvalue weighted by atomic mass is 10.0. The molecule has 3 aromatic rings. The van der Waals surface area contributed by atoms with E-state index in [0.717, 1.165) is 21.5 Å². The SMILES string of the molecule is CC[C@@H](C(=O)NC(C)(C)C)N(Cc1cccc(C)c1)C(=O)CN(c1cccc([N+](=O)[O-])c1)S(=O)(=O)c1ccccc1. The van der Waals surface area contributed by atoms with Crippen molar-refractivity contribution in [2.75, 3.05) is 10.8 Å². The Morgan fingerprint density at radius 1 is 0.976 bits per heavy atom. The first-order valence-corrected chi connectivity index (χ1v) is 14.7. The van der Waals surface area contributed by atoms with Crippen molar-refractivity contribution in [1.82, 2.24) is 10.2 Å². The molecule has 0 fully saturated rings. The van der Waals surface area contributed by atoms with Crippen molar-refractivity contribution in [3.8, 4) is 0 Å². The van der Waals surface area contributed by atoms with Gasteiger partial charge in [-0.15, -0.1) is 0 Å². The second-order valence-corrected chi connectivity index (χ2v) is 12.6. The van der Waals surface area contributed by atoms with Gasteiger partial charge in [-0.25, -0.2) is 8.42 Å². The Kier molecular flexibility index (Phi) is 9.88. The number of anilines is 1. The molecule has 0 aliphatic rings. The van der Waals surface area contributed by atoms with E-state index in [4.69, 9.17) is 0 Å². The van der Waals surface area contributed by atoms with Gasteiger partial charge in [0.15, 0.2) is 0 Å². The van der Waals surface area contributed by atoms with Gasteiger partial charge in [0.05, 0.1) is 15.5 Å². The lowest BCUT2D eigenvalue weighted by Gasteiger charge is -2.34. The van der Waals surface area contributed by atoms with E-state index in [1.165, 1.54) is 35.2 Å².